The number of H-pyrrole nitrogens is 2. The molecule has 0 aliphatic rings. The minimum absolute atomic E-state index is 0. The molecule has 3 N–H and O–H groups in total. The number of aromatic nitrogens is 2. The summed E-state index contributed by atoms with van der Waals surface area (Å²) in [6.45, 7) is 1.10. The first-order chi connectivity index (χ1) is 10.1. The van der Waals surface area contributed by atoms with E-state index in [9.17, 15) is 9.59 Å². The fourth-order valence-electron chi connectivity index (χ4n) is 2.13. The molecule has 3 rings (SSSR count). The predicted molar refractivity (Wildman–Crippen MR) is 92.5 cm³/mol. The van der Waals surface area contributed by atoms with Gasteiger partial charge in [0.25, 0.3) is 0 Å². The molecule has 2 heterocycles. The summed E-state index contributed by atoms with van der Waals surface area (Å²) in [5.74, 6) is 0.830. The minimum atomic E-state index is -0.657. The third kappa shape index (κ3) is 3.57. The van der Waals surface area contributed by atoms with Crippen LogP contribution in [0.5, 0.6) is 0 Å². The van der Waals surface area contributed by atoms with Crippen molar-refractivity contribution in [2.24, 2.45) is 0 Å². The van der Waals surface area contributed by atoms with Crippen LogP contribution in [0.2, 0.25) is 0 Å². The molecular formula is C14H13Br2N3O3. The number of hydrogen-bond acceptors (Lipinski definition) is 4. The number of halogens is 2. The zero-order chi connectivity index (χ0) is 14.8. The van der Waals surface area contributed by atoms with Gasteiger partial charge in [0, 0.05) is 11.0 Å². The van der Waals surface area contributed by atoms with E-state index in [2.05, 4.69) is 31.2 Å². The predicted octanol–water partition coefficient (Wildman–Crippen LogP) is 2.44. The molecule has 3 aromatic rings. The topological polar surface area (TPSA) is 90.9 Å². The van der Waals surface area contributed by atoms with Crippen molar-refractivity contribution in [3.63, 3.8) is 0 Å². The molecule has 1 aromatic carbocycles. The molecule has 0 amide bonds. The fraction of sp³-hybridized carbons (Fsp3) is 0.143. The Labute approximate surface area is 143 Å². The summed E-state index contributed by atoms with van der Waals surface area (Å²) in [6.07, 6.45) is 1.62. The van der Waals surface area contributed by atoms with Gasteiger partial charge in [-0.15, -0.1) is 17.0 Å². The third-order valence-electron chi connectivity index (χ3n) is 3.07. The van der Waals surface area contributed by atoms with Crippen molar-refractivity contribution >= 4 is 43.9 Å². The fourth-order valence-corrected chi connectivity index (χ4v) is 2.64. The van der Waals surface area contributed by atoms with E-state index >= 15 is 0 Å². The van der Waals surface area contributed by atoms with E-state index in [0.717, 1.165) is 15.8 Å². The largest absolute Gasteiger partial charge is 0.468 e. The van der Waals surface area contributed by atoms with Crippen molar-refractivity contribution in [2.45, 2.75) is 13.1 Å². The first-order valence-electron chi connectivity index (χ1n) is 6.31. The van der Waals surface area contributed by atoms with Crippen LogP contribution in [0.3, 0.4) is 0 Å². The van der Waals surface area contributed by atoms with Gasteiger partial charge < -0.3 is 19.7 Å². The molecule has 0 atom stereocenters. The Hall–Kier alpha value is -1.64. The second kappa shape index (κ2) is 7.08. The molecule has 22 heavy (non-hydrogen) atoms. The Kier molecular flexibility index (Phi) is 5.38. The Morgan fingerprint density at radius 3 is 2.64 bits per heavy atom. The van der Waals surface area contributed by atoms with E-state index in [1.54, 1.807) is 12.3 Å². The molecule has 2 aromatic heterocycles. The molecule has 116 valence electrons. The minimum Gasteiger partial charge on any atom is -0.468 e. The highest BCUT2D eigenvalue weighted by atomic mass is 79.9. The van der Waals surface area contributed by atoms with Crippen LogP contribution in [-0.2, 0) is 13.1 Å². The maximum absolute atomic E-state index is 11.5. The standard InChI is InChI=1S/C14H12BrN3O3.BrH/c15-9-4-8(6-16-7-10-2-1-3-21-10)12-11(5-9)17-13(19)14(20)18-12;/h1-5,16H,6-7H2,(H,17,19)(H,18,20);1H. The van der Waals surface area contributed by atoms with Gasteiger partial charge in [0.05, 0.1) is 23.8 Å². The lowest BCUT2D eigenvalue weighted by molar-refractivity contribution is 0.483. The smallest absolute Gasteiger partial charge is 0.314 e. The summed E-state index contributed by atoms with van der Waals surface area (Å²) in [5.41, 5.74) is 0.769. The molecule has 0 radical (unpaired) electrons. The maximum Gasteiger partial charge on any atom is 0.314 e. The van der Waals surface area contributed by atoms with Gasteiger partial charge in [-0.1, -0.05) is 15.9 Å². The Balaban J connectivity index is 0.00000176. The molecule has 0 saturated heterocycles. The monoisotopic (exact) mass is 429 g/mol. The van der Waals surface area contributed by atoms with Gasteiger partial charge in [-0.3, -0.25) is 9.59 Å². The summed E-state index contributed by atoms with van der Waals surface area (Å²) in [6, 6.07) is 7.35. The molecule has 8 heteroatoms. The van der Waals surface area contributed by atoms with E-state index in [0.29, 0.717) is 24.1 Å². The number of fused-ring (bicyclic) bond motifs is 1. The molecule has 0 aliphatic heterocycles. The Bertz CT molecular complexity index is 884. The van der Waals surface area contributed by atoms with E-state index in [4.69, 9.17) is 4.42 Å². The van der Waals surface area contributed by atoms with Crippen molar-refractivity contribution in [1.82, 2.24) is 15.3 Å². The van der Waals surface area contributed by atoms with Gasteiger partial charge in [-0.05, 0) is 29.8 Å². The van der Waals surface area contributed by atoms with Gasteiger partial charge >= 0.3 is 11.1 Å². The van der Waals surface area contributed by atoms with Crippen LogP contribution in [0.25, 0.3) is 11.0 Å². The summed E-state index contributed by atoms with van der Waals surface area (Å²) in [7, 11) is 0. The number of nitrogens with one attached hydrogen (secondary N) is 3. The molecule has 0 bridgehead atoms. The van der Waals surface area contributed by atoms with E-state index in [-0.39, 0.29) is 17.0 Å². The van der Waals surface area contributed by atoms with Crippen molar-refractivity contribution in [3.8, 4) is 0 Å². The number of rotatable bonds is 4. The van der Waals surface area contributed by atoms with Gasteiger partial charge in [0.1, 0.15) is 5.76 Å². The van der Waals surface area contributed by atoms with E-state index in [1.165, 1.54) is 0 Å². The number of hydrogen-bond donors (Lipinski definition) is 3. The molecule has 0 spiro atoms. The molecule has 0 saturated carbocycles. The summed E-state index contributed by atoms with van der Waals surface area (Å²) >= 11 is 3.40. The lowest BCUT2D eigenvalue weighted by Gasteiger charge is -2.08. The molecule has 0 unspecified atom stereocenters. The first kappa shape index (κ1) is 16.7. The van der Waals surface area contributed by atoms with Crippen molar-refractivity contribution in [1.29, 1.82) is 0 Å². The Morgan fingerprint density at radius 1 is 1.14 bits per heavy atom. The van der Waals surface area contributed by atoms with Crippen LogP contribution < -0.4 is 16.4 Å². The third-order valence-corrected chi connectivity index (χ3v) is 3.53. The highest BCUT2D eigenvalue weighted by Gasteiger charge is 2.07. The van der Waals surface area contributed by atoms with Crippen LogP contribution in [0.15, 0.2) is 49.0 Å². The van der Waals surface area contributed by atoms with Gasteiger partial charge in [-0.25, -0.2) is 0 Å². The molecular weight excluding hydrogens is 418 g/mol. The average Bonchev–Trinajstić information content (AvgIpc) is 2.94. The van der Waals surface area contributed by atoms with E-state index < -0.39 is 11.1 Å². The number of furan rings is 1. The van der Waals surface area contributed by atoms with Gasteiger partial charge in [-0.2, -0.15) is 0 Å². The van der Waals surface area contributed by atoms with E-state index in [1.807, 2.05) is 18.2 Å². The second-order valence-corrected chi connectivity index (χ2v) is 5.49. The quantitative estimate of drug-likeness (QED) is 0.554. The highest BCUT2D eigenvalue weighted by molar-refractivity contribution is 9.10. The zero-order valence-electron chi connectivity index (χ0n) is 11.3. The maximum atomic E-state index is 11.5. The van der Waals surface area contributed by atoms with Crippen molar-refractivity contribution in [2.75, 3.05) is 0 Å². The van der Waals surface area contributed by atoms with Crippen molar-refractivity contribution in [3.05, 3.63) is 67.0 Å². The summed E-state index contributed by atoms with van der Waals surface area (Å²) in [5, 5.41) is 3.23. The lowest BCUT2D eigenvalue weighted by Crippen LogP contribution is -2.29. The van der Waals surface area contributed by atoms with Crippen LogP contribution in [0.4, 0.5) is 0 Å². The summed E-state index contributed by atoms with van der Waals surface area (Å²) in [4.78, 5) is 28.0. The lowest BCUT2D eigenvalue weighted by atomic mass is 10.1. The second-order valence-electron chi connectivity index (χ2n) is 4.58. The molecule has 0 fully saturated rings. The van der Waals surface area contributed by atoms with Crippen LogP contribution in [0, 0.1) is 0 Å². The average molecular weight is 431 g/mol. The first-order valence-corrected chi connectivity index (χ1v) is 7.10. The Morgan fingerprint density at radius 2 is 1.91 bits per heavy atom. The van der Waals surface area contributed by atoms with Crippen LogP contribution in [-0.4, -0.2) is 9.97 Å². The molecule has 6 nitrogen and oxygen atoms in total. The summed E-state index contributed by atoms with van der Waals surface area (Å²) < 4.78 is 6.07. The zero-order valence-corrected chi connectivity index (χ0v) is 14.6. The highest BCUT2D eigenvalue weighted by Crippen LogP contribution is 2.20. The number of benzene rings is 1. The van der Waals surface area contributed by atoms with Gasteiger partial charge in [0.15, 0.2) is 0 Å². The number of aromatic amines is 2. The molecule has 0 aliphatic carbocycles. The SMILES string of the molecule is Br.O=c1[nH]c2cc(Br)cc(CNCc3ccco3)c2[nH]c1=O. The van der Waals surface area contributed by atoms with Crippen molar-refractivity contribution < 1.29 is 4.42 Å². The van der Waals surface area contributed by atoms with Gasteiger partial charge in [0.2, 0.25) is 0 Å². The normalized spacial score (nSPS) is 10.6. The van der Waals surface area contributed by atoms with Crippen LogP contribution in [0.1, 0.15) is 11.3 Å². The van der Waals surface area contributed by atoms with Crippen LogP contribution >= 0.6 is 32.9 Å².